The molecule has 0 heterocycles. The molecule has 4 saturated carbocycles. The Hall–Kier alpha value is -1.06. The number of hydrogen-bond acceptors (Lipinski definition) is 2. The van der Waals surface area contributed by atoms with E-state index in [1.54, 1.807) is 19.3 Å². The van der Waals surface area contributed by atoms with Crippen LogP contribution in [0.15, 0.2) is 0 Å². The van der Waals surface area contributed by atoms with Gasteiger partial charge >= 0.3 is 0 Å². The van der Waals surface area contributed by atoms with Crippen LogP contribution in [0.25, 0.3) is 0 Å². The summed E-state index contributed by atoms with van der Waals surface area (Å²) in [6.07, 6.45) is 7.73. The zero-order chi connectivity index (χ0) is 20.5. The first-order valence-electron chi connectivity index (χ1n) is 9.99. The van der Waals surface area contributed by atoms with E-state index < -0.39 is 11.9 Å². The number of rotatable bonds is 0. The van der Waals surface area contributed by atoms with Crippen molar-refractivity contribution in [1.29, 1.82) is 0 Å². The number of aliphatic carboxylic acids is 2. The Morgan fingerprint density at radius 3 is 1.42 bits per heavy atom. The van der Waals surface area contributed by atoms with Gasteiger partial charge in [-0.05, 0) is 72.0 Å². The van der Waals surface area contributed by atoms with E-state index in [1.165, 1.54) is 12.8 Å². The Labute approximate surface area is 159 Å². The summed E-state index contributed by atoms with van der Waals surface area (Å²) in [6, 6.07) is 0. The third-order valence-corrected chi connectivity index (χ3v) is 6.74. The van der Waals surface area contributed by atoms with Gasteiger partial charge in [-0.3, -0.25) is 9.59 Å². The van der Waals surface area contributed by atoms with E-state index in [1.807, 2.05) is 0 Å². The molecule has 2 N–H and O–H groups in total. The lowest BCUT2D eigenvalue weighted by atomic mass is 9.36. The highest BCUT2D eigenvalue weighted by Crippen LogP contribution is 2.71. The van der Waals surface area contributed by atoms with Crippen LogP contribution in [0.5, 0.6) is 0 Å². The maximum atomic E-state index is 9.00. The molecule has 26 heavy (non-hydrogen) atoms. The predicted molar refractivity (Wildman–Crippen MR) is 105 cm³/mol. The molecule has 3 atom stereocenters. The highest BCUT2D eigenvalue weighted by Gasteiger charge is 2.63. The molecule has 0 aromatic heterocycles. The van der Waals surface area contributed by atoms with Crippen molar-refractivity contribution in [2.75, 3.05) is 0 Å². The van der Waals surface area contributed by atoms with Crippen LogP contribution >= 0.6 is 0 Å². The van der Waals surface area contributed by atoms with Crippen molar-refractivity contribution in [2.24, 2.45) is 39.9 Å². The van der Waals surface area contributed by atoms with Gasteiger partial charge < -0.3 is 10.2 Å². The average molecular weight is 369 g/mol. The fraction of sp³-hybridized carbons (Fsp3) is 0.909. The molecule has 4 rings (SSSR count). The second-order valence-corrected chi connectivity index (χ2v) is 10.9. The first-order valence-corrected chi connectivity index (χ1v) is 9.99. The lowest BCUT2D eigenvalue weighted by Crippen LogP contribution is -2.61. The quantitative estimate of drug-likeness (QED) is 0.575. The maximum absolute atomic E-state index is 9.00. The summed E-state index contributed by atoms with van der Waals surface area (Å²) in [6.45, 7) is 17.3. The second-order valence-electron chi connectivity index (χ2n) is 10.9. The molecule has 0 aliphatic heterocycles. The number of carbonyl (C=O) groups is 2. The van der Waals surface area contributed by atoms with Gasteiger partial charge in [0.1, 0.15) is 0 Å². The highest BCUT2D eigenvalue weighted by molar-refractivity contribution is 5.63. The van der Waals surface area contributed by atoms with Crippen molar-refractivity contribution in [2.45, 2.75) is 87.5 Å². The monoisotopic (exact) mass is 368 g/mol. The number of carboxylic acid groups (broad SMARTS) is 2. The number of carboxylic acids is 2. The lowest BCUT2D eigenvalue weighted by molar-refractivity contribution is -0.196. The van der Waals surface area contributed by atoms with Crippen molar-refractivity contribution in [3.63, 3.8) is 0 Å². The van der Waals surface area contributed by atoms with E-state index in [0.717, 1.165) is 37.5 Å². The van der Waals surface area contributed by atoms with Crippen molar-refractivity contribution < 1.29 is 19.8 Å². The van der Waals surface area contributed by atoms with Gasteiger partial charge in [-0.15, -0.1) is 0 Å². The lowest BCUT2D eigenvalue weighted by Gasteiger charge is -2.69. The molecule has 0 amide bonds. The Morgan fingerprint density at radius 2 is 1.15 bits per heavy atom. The molecular formula is C22H40O4. The van der Waals surface area contributed by atoms with E-state index in [4.69, 9.17) is 19.8 Å². The molecule has 152 valence electrons. The summed E-state index contributed by atoms with van der Waals surface area (Å²) in [5.74, 6) is 2.47. The molecule has 4 bridgehead atoms. The zero-order valence-electron chi connectivity index (χ0n) is 18.1. The van der Waals surface area contributed by atoms with Gasteiger partial charge in [-0.25, -0.2) is 0 Å². The van der Waals surface area contributed by atoms with Gasteiger partial charge in [-0.2, -0.15) is 0 Å². The van der Waals surface area contributed by atoms with Gasteiger partial charge in [-0.1, -0.05) is 41.5 Å². The molecule has 3 unspecified atom stereocenters. The number of hydrogen-bond donors (Lipinski definition) is 2. The van der Waals surface area contributed by atoms with Crippen LogP contribution < -0.4 is 0 Å². The predicted octanol–water partition coefficient (Wildman–Crippen LogP) is 5.70. The molecule has 4 heteroatoms. The largest absolute Gasteiger partial charge is 0.481 e. The minimum atomic E-state index is -0.833. The van der Waals surface area contributed by atoms with Crippen LogP contribution in [-0.2, 0) is 9.59 Å². The van der Waals surface area contributed by atoms with Gasteiger partial charge in [0.25, 0.3) is 11.9 Å². The third kappa shape index (κ3) is 5.23. The van der Waals surface area contributed by atoms with Gasteiger partial charge in [0.15, 0.2) is 0 Å². The van der Waals surface area contributed by atoms with Crippen LogP contribution in [0.2, 0.25) is 0 Å². The molecule has 4 aliphatic rings. The molecule has 4 fully saturated rings. The van der Waals surface area contributed by atoms with Crippen LogP contribution in [0.1, 0.15) is 87.5 Å². The Balaban J connectivity index is 0.000000360. The van der Waals surface area contributed by atoms with E-state index >= 15 is 0 Å². The van der Waals surface area contributed by atoms with E-state index in [-0.39, 0.29) is 0 Å². The topological polar surface area (TPSA) is 74.6 Å². The highest BCUT2D eigenvalue weighted by atomic mass is 16.4. The van der Waals surface area contributed by atoms with Crippen molar-refractivity contribution >= 4 is 11.9 Å². The summed E-state index contributed by atoms with van der Waals surface area (Å²) in [5.41, 5.74) is 1.62. The summed E-state index contributed by atoms with van der Waals surface area (Å²) < 4.78 is 0. The molecule has 4 nitrogen and oxygen atoms in total. The normalized spacial score (nSPS) is 34.9. The van der Waals surface area contributed by atoms with Crippen molar-refractivity contribution in [3.05, 3.63) is 0 Å². The molecule has 0 radical (unpaired) electrons. The zero-order valence-corrected chi connectivity index (χ0v) is 18.1. The smallest absolute Gasteiger partial charge is 0.300 e. The summed E-state index contributed by atoms with van der Waals surface area (Å²) in [4.78, 5) is 18.0. The fourth-order valence-electron chi connectivity index (χ4n) is 6.66. The van der Waals surface area contributed by atoms with Crippen LogP contribution in [-0.4, -0.2) is 22.2 Å². The van der Waals surface area contributed by atoms with Crippen LogP contribution in [0.3, 0.4) is 0 Å². The van der Waals surface area contributed by atoms with E-state index in [0.29, 0.717) is 16.2 Å². The van der Waals surface area contributed by atoms with Crippen molar-refractivity contribution in [3.8, 4) is 0 Å². The molecular weight excluding hydrogens is 328 g/mol. The summed E-state index contributed by atoms with van der Waals surface area (Å²) in [5, 5.41) is 14.8. The Bertz CT molecular complexity index is 475. The average Bonchev–Trinajstić information content (AvgIpc) is 2.32. The SMILES string of the molecule is CC(=O)O.CC(=O)O.CC(C)(C)C1C2CC3CC(C2)CC1(C(C)(C)C)C3. The molecule has 0 saturated heterocycles. The standard InChI is InChI=1S/C18H32.2C2H4O2/c1-16(2,3)15-14-8-12-7-13(9-14)11-18(15,10-12)17(4,5)6;2*1-2(3)4/h12-15H,7-11H2,1-6H3;2*1H3,(H,3,4). The maximum Gasteiger partial charge on any atom is 0.300 e. The molecule has 0 spiro atoms. The second kappa shape index (κ2) is 7.90. The van der Waals surface area contributed by atoms with E-state index in [9.17, 15) is 0 Å². The van der Waals surface area contributed by atoms with Gasteiger partial charge in [0.2, 0.25) is 0 Å². The fourth-order valence-corrected chi connectivity index (χ4v) is 6.66. The summed E-state index contributed by atoms with van der Waals surface area (Å²) >= 11 is 0. The Morgan fingerprint density at radius 1 is 0.808 bits per heavy atom. The van der Waals surface area contributed by atoms with Gasteiger partial charge in [0.05, 0.1) is 0 Å². The first-order chi connectivity index (χ1) is 11.6. The molecule has 0 aromatic carbocycles. The van der Waals surface area contributed by atoms with Gasteiger partial charge in [0, 0.05) is 13.8 Å². The van der Waals surface area contributed by atoms with Crippen LogP contribution in [0, 0.1) is 39.9 Å². The minimum Gasteiger partial charge on any atom is -0.481 e. The van der Waals surface area contributed by atoms with Crippen molar-refractivity contribution in [1.82, 2.24) is 0 Å². The third-order valence-electron chi connectivity index (χ3n) is 6.74. The summed E-state index contributed by atoms with van der Waals surface area (Å²) in [7, 11) is 0. The molecule has 4 aliphatic carbocycles. The first kappa shape index (κ1) is 23.0. The Kier molecular flexibility index (Phi) is 6.98. The van der Waals surface area contributed by atoms with Crippen LogP contribution in [0.4, 0.5) is 0 Å². The molecule has 0 aromatic rings. The van der Waals surface area contributed by atoms with E-state index in [2.05, 4.69) is 41.5 Å². The minimum absolute atomic E-state index is 0.487.